The zero-order chi connectivity index (χ0) is 23.9. The van der Waals surface area contributed by atoms with E-state index >= 15 is 0 Å². The van der Waals surface area contributed by atoms with E-state index in [4.69, 9.17) is 14.5 Å². The minimum atomic E-state index is -0.321. The minimum absolute atomic E-state index is 0.210. The Morgan fingerprint density at radius 2 is 1.76 bits per heavy atom. The zero-order valence-electron chi connectivity index (χ0n) is 19.5. The number of methoxy groups -OCH3 is 1. The Morgan fingerprint density at radius 3 is 2.56 bits per heavy atom. The van der Waals surface area contributed by atoms with Crippen molar-refractivity contribution in [3.05, 3.63) is 102 Å². The number of benzene rings is 3. The van der Waals surface area contributed by atoms with E-state index in [2.05, 4.69) is 16.5 Å². The maximum atomic E-state index is 13.0. The lowest BCUT2D eigenvalue weighted by Gasteiger charge is -2.18. The number of hydrogen-bond donors (Lipinski definition) is 1. The minimum Gasteiger partial charge on any atom is -0.496 e. The van der Waals surface area contributed by atoms with Gasteiger partial charge in [-0.2, -0.15) is 0 Å². The van der Waals surface area contributed by atoms with Crippen LogP contribution in [0, 0.1) is 0 Å². The number of imidazole rings is 1. The first kappa shape index (κ1) is 23.1. The van der Waals surface area contributed by atoms with Gasteiger partial charge in [0.15, 0.2) is 0 Å². The maximum absolute atomic E-state index is 13.0. The smallest absolute Gasteiger partial charge is 0.255 e. The lowest BCUT2D eigenvalue weighted by molar-refractivity contribution is 0.0934. The number of nitrogens with zero attached hydrogens (tertiary/aromatic N) is 2. The number of carbonyl (C=O) groups is 1. The van der Waals surface area contributed by atoms with Crippen molar-refractivity contribution in [2.45, 2.75) is 25.9 Å². The van der Waals surface area contributed by atoms with Crippen LogP contribution in [0.3, 0.4) is 0 Å². The van der Waals surface area contributed by atoms with Gasteiger partial charge in [-0.05, 0) is 49.2 Å². The second-order valence-corrected chi connectivity index (χ2v) is 7.95. The fourth-order valence-corrected chi connectivity index (χ4v) is 4.05. The molecule has 1 heterocycles. The summed E-state index contributed by atoms with van der Waals surface area (Å²) < 4.78 is 13.6. The van der Waals surface area contributed by atoms with E-state index in [9.17, 15) is 4.79 Å². The standard InChI is InChI=1S/C28H29N3O3/c1-4-11-21-12-5-9-16-25(21)34-19-18-31-24-15-8-7-14-23(24)30-27(31)20(2)29-28(32)22-13-6-10-17-26(22)33-3/h4-10,12-17,20H,1,11,18-19H2,2-3H3,(H,29,32). The number of hydrogen-bond acceptors (Lipinski definition) is 4. The second-order valence-electron chi connectivity index (χ2n) is 7.95. The summed E-state index contributed by atoms with van der Waals surface area (Å²) in [6, 6.07) is 22.8. The molecule has 0 fully saturated rings. The average Bonchev–Trinajstić information content (AvgIpc) is 3.24. The van der Waals surface area contributed by atoms with Gasteiger partial charge in [-0.25, -0.2) is 4.98 Å². The van der Waals surface area contributed by atoms with Crippen LogP contribution < -0.4 is 14.8 Å². The quantitative estimate of drug-likeness (QED) is 0.328. The number of ether oxygens (including phenoxy) is 2. The number of rotatable bonds is 10. The van der Waals surface area contributed by atoms with Gasteiger partial charge in [-0.1, -0.05) is 48.5 Å². The molecule has 0 spiro atoms. The number of para-hydroxylation sites is 4. The van der Waals surface area contributed by atoms with Gasteiger partial charge in [-0.15, -0.1) is 6.58 Å². The van der Waals surface area contributed by atoms with Gasteiger partial charge >= 0.3 is 0 Å². The number of aromatic nitrogens is 2. The molecule has 6 nitrogen and oxygen atoms in total. The Kier molecular flexibility index (Phi) is 7.28. The summed E-state index contributed by atoms with van der Waals surface area (Å²) in [7, 11) is 1.56. The van der Waals surface area contributed by atoms with Crippen LogP contribution >= 0.6 is 0 Å². The third kappa shape index (κ3) is 4.96. The van der Waals surface area contributed by atoms with Crippen molar-refractivity contribution in [2.24, 2.45) is 0 Å². The third-order valence-corrected chi connectivity index (χ3v) is 5.68. The first-order valence-electron chi connectivity index (χ1n) is 11.3. The predicted octanol–water partition coefficient (Wildman–Crippen LogP) is 5.34. The van der Waals surface area contributed by atoms with E-state index < -0.39 is 0 Å². The summed E-state index contributed by atoms with van der Waals surface area (Å²) in [5.41, 5.74) is 3.47. The maximum Gasteiger partial charge on any atom is 0.255 e. The van der Waals surface area contributed by atoms with Crippen molar-refractivity contribution in [1.82, 2.24) is 14.9 Å². The lowest BCUT2D eigenvalue weighted by atomic mass is 10.1. The van der Waals surface area contributed by atoms with Crippen molar-refractivity contribution in [2.75, 3.05) is 13.7 Å². The highest BCUT2D eigenvalue weighted by atomic mass is 16.5. The number of amides is 1. The molecule has 1 atom stereocenters. The second kappa shape index (κ2) is 10.7. The van der Waals surface area contributed by atoms with Crippen molar-refractivity contribution >= 4 is 16.9 Å². The Balaban J connectivity index is 1.55. The summed E-state index contributed by atoms with van der Waals surface area (Å²) in [4.78, 5) is 17.8. The van der Waals surface area contributed by atoms with Gasteiger partial charge in [0.05, 0.1) is 36.3 Å². The number of carbonyl (C=O) groups excluding carboxylic acids is 1. The molecule has 1 amide bonds. The van der Waals surface area contributed by atoms with E-state index in [1.54, 1.807) is 19.2 Å². The van der Waals surface area contributed by atoms with Crippen molar-refractivity contribution in [3.8, 4) is 11.5 Å². The van der Waals surface area contributed by atoms with Crippen LogP contribution in [-0.4, -0.2) is 29.2 Å². The first-order chi connectivity index (χ1) is 16.6. The number of fused-ring (bicyclic) bond motifs is 1. The molecule has 4 aromatic rings. The highest BCUT2D eigenvalue weighted by molar-refractivity contribution is 5.97. The summed E-state index contributed by atoms with van der Waals surface area (Å²) in [5, 5.41) is 3.07. The third-order valence-electron chi connectivity index (χ3n) is 5.68. The molecule has 1 aromatic heterocycles. The number of allylic oxidation sites excluding steroid dienone is 1. The molecule has 1 unspecified atom stereocenters. The molecule has 3 aromatic carbocycles. The molecule has 34 heavy (non-hydrogen) atoms. The Morgan fingerprint density at radius 1 is 1.06 bits per heavy atom. The lowest BCUT2D eigenvalue weighted by Crippen LogP contribution is -2.29. The Labute approximate surface area is 199 Å². The SMILES string of the molecule is C=CCc1ccccc1OCCn1c(C(C)NC(=O)c2ccccc2OC)nc2ccccc21. The molecule has 0 aliphatic carbocycles. The van der Waals surface area contributed by atoms with E-state index in [0.29, 0.717) is 24.5 Å². The van der Waals surface area contributed by atoms with Crippen LogP contribution in [0.2, 0.25) is 0 Å². The largest absolute Gasteiger partial charge is 0.496 e. The van der Waals surface area contributed by atoms with Crippen molar-refractivity contribution < 1.29 is 14.3 Å². The van der Waals surface area contributed by atoms with Gasteiger partial charge in [0.2, 0.25) is 0 Å². The molecular weight excluding hydrogens is 426 g/mol. The molecule has 0 saturated heterocycles. The van der Waals surface area contributed by atoms with Crippen LogP contribution in [0.1, 0.15) is 34.7 Å². The number of nitrogens with one attached hydrogen (secondary N) is 1. The molecule has 0 aliphatic heterocycles. The van der Waals surface area contributed by atoms with E-state index in [0.717, 1.165) is 34.6 Å². The van der Waals surface area contributed by atoms with Crippen LogP contribution in [0.25, 0.3) is 11.0 Å². The molecular formula is C28H29N3O3. The fraction of sp³-hybridized carbons (Fsp3) is 0.214. The highest BCUT2D eigenvalue weighted by Gasteiger charge is 2.20. The van der Waals surface area contributed by atoms with Gasteiger partial charge in [0, 0.05) is 0 Å². The zero-order valence-corrected chi connectivity index (χ0v) is 19.5. The summed E-state index contributed by atoms with van der Waals surface area (Å²) in [6.07, 6.45) is 2.62. The molecule has 0 aliphatic rings. The van der Waals surface area contributed by atoms with Crippen LogP contribution in [-0.2, 0) is 13.0 Å². The van der Waals surface area contributed by atoms with Gasteiger partial charge < -0.3 is 19.4 Å². The highest BCUT2D eigenvalue weighted by Crippen LogP contribution is 2.24. The van der Waals surface area contributed by atoms with E-state index in [1.165, 1.54) is 0 Å². The van der Waals surface area contributed by atoms with Crippen molar-refractivity contribution in [1.29, 1.82) is 0 Å². The topological polar surface area (TPSA) is 65.4 Å². The Hall–Kier alpha value is -4.06. The molecule has 174 valence electrons. The van der Waals surface area contributed by atoms with Crippen LogP contribution in [0.15, 0.2) is 85.5 Å². The van der Waals surface area contributed by atoms with Crippen LogP contribution in [0.5, 0.6) is 11.5 Å². The Bertz CT molecular complexity index is 1300. The summed E-state index contributed by atoms with van der Waals surface area (Å²) in [6.45, 7) is 6.82. The molecule has 0 bridgehead atoms. The predicted molar refractivity (Wildman–Crippen MR) is 134 cm³/mol. The monoisotopic (exact) mass is 455 g/mol. The molecule has 0 radical (unpaired) electrons. The average molecular weight is 456 g/mol. The molecule has 1 N–H and O–H groups in total. The fourth-order valence-electron chi connectivity index (χ4n) is 4.05. The summed E-state index contributed by atoms with van der Waals surface area (Å²) in [5.74, 6) is 1.95. The van der Waals surface area contributed by atoms with E-state index in [-0.39, 0.29) is 11.9 Å². The van der Waals surface area contributed by atoms with Gasteiger partial charge in [0.1, 0.15) is 23.9 Å². The van der Waals surface area contributed by atoms with Gasteiger partial charge in [-0.3, -0.25) is 4.79 Å². The molecule has 0 saturated carbocycles. The molecule has 6 heteroatoms. The van der Waals surface area contributed by atoms with Crippen LogP contribution in [0.4, 0.5) is 0 Å². The molecule has 4 rings (SSSR count). The van der Waals surface area contributed by atoms with E-state index in [1.807, 2.05) is 73.7 Å². The first-order valence-corrected chi connectivity index (χ1v) is 11.3. The summed E-state index contributed by atoms with van der Waals surface area (Å²) >= 11 is 0. The van der Waals surface area contributed by atoms with Gasteiger partial charge in [0.25, 0.3) is 5.91 Å². The normalized spacial score (nSPS) is 11.7. The van der Waals surface area contributed by atoms with Crippen molar-refractivity contribution in [3.63, 3.8) is 0 Å².